The van der Waals surface area contributed by atoms with Crippen molar-refractivity contribution in [3.05, 3.63) is 33.7 Å². The Hall–Kier alpha value is -2.11. The van der Waals surface area contributed by atoms with E-state index in [-0.39, 0.29) is 29.1 Å². The number of nitrogens with zero attached hydrogens (tertiary/aromatic N) is 2. The Kier molecular flexibility index (Phi) is 6.02. The fourth-order valence-corrected chi connectivity index (χ4v) is 4.21. The van der Waals surface area contributed by atoms with Gasteiger partial charge < -0.3 is 14.8 Å². The molecule has 1 saturated carbocycles. The summed E-state index contributed by atoms with van der Waals surface area (Å²) in [6.45, 7) is 7.19. The molecule has 0 spiro atoms. The lowest BCUT2D eigenvalue weighted by molar-refractivity contribution is 0.0680. The fourth-order valence-electron chi connectivity index (χ4n) is 4.21. The van der Waals surface area contributed by atoms with Gasteiger partial charge in [0.05, 0.1) is 0 Å². The lowest BCUT2D eigenvalue weighted by Gasteiger charge is -2.31. The maximum absolute atomic E-state index is 13.1. The van der Waals surface area contributed by atoms with Gasteiger partial charge in [0.1, 0.15) is 11.1 Å². The third-order valence-corrected chi connectivity index (χ3v) is 5.63. The van der Waals surface area contributed by atoms with Crippen LogP contribution in [0.1, 0.15) is 86.1 Å². The molecule has 3 rings (SSSR count). The first-order valence-corrected chi connectivity index (χ1v) is 10.2. The van der Waals surface area contributed by atoms with Gasteiger partial charge in [0.15, 0.2) is 0 Å². The zero-order valence-corrected chi connectivity index (χ0v) is 16.7. The molecule has 6 heteroatoms. The van der Waals surface area contributed by atoms with Crippen LogP contribution in [0.3, 0.4) is 0 Å². The molecule has 1 atom stereocenters. The second-order valence-corrected chi connectivity index (χ2v) is 8.43. The molecule has 2 aliphatic rings. The summed E-state index contributed by atoms with van der Waals surface area (Å²) < 4.78 is 1.93. The molecule has 0 bridgehead atoms. The Morgan fingerprint density at radius 3 is 2.37 bits per heavy atom. The van der Waals surface area contributed by atoms with Gasteiger partial charge in [0, 0.05) is 37.6 Å². The van der Waals surface area contributed by atoms with Gasteiger partial charge in [-0.25, -0.2) is 0 Å². The molecule has 1 N–H and O–H groups in total. The largest absolute Gasteiger partial charge is 0.350 e. The number of carbonyl (C=O) groups excluding carboxylic acids is 2. The van der Waals surface area contributed by atoms with Crippen LogP contribution in [0.4, 0.5) is 0 Å². The number of likely N-dealkylation sites (tertiary alicyclic amines) is 1. The van der Waals surface area contributed by atoms with Crippen LogP contribution in [0.5, 0.6) is 0 Å². The summed E-state index contributed by atoms with van der Waals surface area (Å²) in [5, 5.41) is 2.79. The second kappa shape index (κ2) is 8.28. The van der Waals surface area contributed by atoms with Crippen LogP contribution in [-0.2, 0) is 0 Å². The van der Waals surface area contributed by atoms with E-state index in [0.717, 1.165) is 38.5 Å². The normalized spacial score (nSPS) is 20.9. The number of carbonyl (C=O) groups is 2. The van der Waals surface area contributed by atoms with Crippen molar-refractivity contribution in [2.75, 3.05) is 13.1 Å². The minimum atomic E-state index is -0.453. The number of nitrogens with one attached hydrogen (secondary N) is 1. The van der Waals surface area contributed by atoms with Crippen LogP contribution in [0.2, 0.25) is 0 Å². The van der Waals surface area contributed by atoms with Gasteiger partial charge >= 0.3 is 0 Å². The quantitative estimate of drug-likeness (QED) is 0.882. The first kappa shape index (κ1) is 19.6. The molecule has 1 aromatic heterocycles. The summed E-state index contributed by atoms with van der Waals surface area (Å²) in [7, 11) is 0. The molecular formula is C21H31N3O3. The van der Waals surface area contributed by atoms with E-state index in [9.17, 15) is 14.4 Å². The van der Waals surface area contributed by atoms with Crippen molar-refractivity contribution in [1.82, 2.24) is 14.8 Å². The van der Waals surface area contributed by atoms with E-state index in [1.165, 1.54) is 0 Å². The number of hydrogen-bond acceptors (Lipinski definition) is 3. The van der Waals surface area contributed by atoms with E-state index in [1.54, 1.807) is 17.3 Å². The van der Waals surface area contributed by atoms with Gasteiger partial charge in [-0.3, -0.25) is 14.4 Å². The van der Waals surface area contributed by atoms with Crippen LogP contribution >= 0.6 is 0 Å². The average Bonchev–Trinajstić information content (AvgIpc) is 3.15. The van der Waals surface area contributed by atoms with Crippen LogP contribution in [-0.4, -0.2) is 40.4 Å². The highest BCUT2D eigenvalue weighted by molar-refractivity contribution is 5.99. The molecule has 0 radical (unpaired) electrons. The van der Waals surface area contributed by atoms with Gasteiger partial charge in [-0.1, -0.05) is 19.8 Å². The molecule has 2 fully saturated rings. The summed E-state index contributed by atoms with van der Waals surface area (Å²) in [6, 6.07) is 0.183. The van der Waals surface area contributed by atoms with E-state index in [2.05, 4.69) is 12.2 Å². The van der Waals surface area contributed by atoms with Crippen molar-refractivity contribution in [3.63, 3.8) is 0 Å². The Bertz CT molecular complexity index is 762. The zero-order chi connectivity index (χ0) is 19.6. The topological polar surface area (TPSA) is 71.4 Å². The average molecular weight is 373 g/mol. The molecule has 1 aliphatic carbocycles. The predicted molar refractivity (Wildman–Crippen MR) is 105 cm³/mol. The van der Waals surface area contributed by atoms with Gasteiger partial charge in [-0.05, 0) is 45.4 Å². The van der Waals surface area contributed by atoms with Gasteiger partial charge in [0.25, 0.3) is 11.8 Å². The first-order chi connectivity index (χ1) is 12.9. The molecule has 1 saturated heterocycles. The van der Waals surface area contributed by atoms with Crippen molar-refractivity contribution >= 4 is 11.8 Å². The van der Waals surface area contributed by atoms with Crippen LogP contribution in [0.15, 0.2) is 17.2 Å². The van der Waals surface area contributed by atoms with Crippen LogP contribution < -0.4 is 10.7 Å². The lowest BCUT2D eigenvalue weighted by atomic mass is 9.99. The molecule has 148 valence electrons. The van der Waals surface area contributed by atoms with Crippen molar-refractivity contribution in [3.8, 4) is 0 Å². The number of piperidine rings is 1. The van der Waals surface area contributed by atoms with E-state index < -0.39 is 11.3 Å². The summed E-state index contributed by atoms with van der Waals surface area (Å²) in [5.41, 5.74) is -0.246. The highest BCUT2D eigenvalue weighted by Gasteiger charge is 2.28. The Morgan fingerprint density at radius 1 is 1.07 bits per heavy atom. The SMILES string of the molecule is CC(C)NC(=O)c1cn(C2CCCC2)cc(C(=O)N2CCC[C@H](C)C2)c1=O. The maximum atomic E-state index is 13.1. The highest BCUT2D eigenvalue weighted by atomic mass is 16.2. The van der Waals surface area contributed by atoms with Crippen molar-refractivity contribution in [2.45, 2.75) is 71.4 Å². The van der Waals surface area contributed by atoms with E-state index in [4.69, 9.17) is 0 Å². The number of pyridine rings is 1. The summed E-state index contributed by atoms with van der Waals surface area (Å²) >= 11 is 0. The Morgan fingerprint density at radius 2 is 1.74 bits per heavy atom. The fraction of sp³-hybridized carbons (Fsp3) is 0.667. The zero-order valence-electron chi connectivity index (χ0n) is 16.7. The van der Waals surface area contributed by atoms with Gasteiger partial charge in [-0.2, -0.15) is 0 Å². The highest BCUT2D eigenvalue weighted by Crippen LogP contribution is 2.29. The number of amides is 2. The molecule has 1 aromatic rings. The third kappa shape index (κ3) is 4.42. The molecule has 0 unspecified atom stereocenters. The molecular weight excluding hydrogens is 342 g/mol. The molecule has 1 aliphatic heterocycles. The van der Waals surface area contributed by atoms with Gasteiger partial charge in [-0.15, -0.1) is 0 Å². The maximum Gasteiger partial charge on any atom is 0.259 e. The van der Waals surface area contributed by atoms with Crippen molar-refractivity contribution < 1.29 is 9.59 Å². The van der Waals surface area contributed by atoms with E-state index in [0.29, 0.717) is 19.0 Å². The minimum Gasteiger partial charge on any atom is -0.350 e. The first-order valence-electron chi connectivity index (χ1n) is 10.2. The van der Waals surface area contributed by atoms with E-state index >= 15 is 0 Å². The van der Waals surface area contributed by atoms with Crippen LogP contribution in [0, 0.1) is 5.92 Å². The summed E-state index contributed by atoms with van der Waals surface area (Å²) in [5.74, 6) is -0.201. The smallest absolute Gasteiger partial charge is 0.259 e. The summed E-state index contributed by atoms with van der Waals surface area (Å²) in [6.07, 6.45) is 9.70. The molecule has 2 amide bonds. The molecule has 27 heavy (non-hydrogen) atoms. The standard InChI is InChI=1S/C21H31N3O3/c1-14(2)22-20(26)17-12-24(16-8-4-5-9-16)13-18(19(17)25)21(27)23-10-6-7-15(3)11-23/h12-16H,4-11H2,1-3H3,(H,22,26)/t15-/m0/s1. The van der Waals surface area contributed by atoms with Crippen LogP contribution in [0.25, 0.3) is 0 Å². The van der Waals surface area contributed by atoms with Gasteiger partial charge in [0.2, 0.25) is 5.43 Å². The van der Waals surface area contributed by atoms with E-state index in [1.807, 2.05) is 18.4 Å². The minimum absolute atomic E-state index is 0.0702. The number of rotatable bonds is 4. The lowest BCUT2D eigenvalue weighted by Crippen LogP contribution is -2.42. The second-order valence-electron chi connectivity index (χ2n) is 8.43. The summed E-state index contributed by atoms with van der Waals surface area (Å²) in [4.78, 5) is 40.5. The van der Waals surface area contributed by atoms with Crippen molar-refractivity contribution in [2.24, 2.45) is 5.92 Å². The molecule has 6 nitrogen and oxygen atoms in total. The number of aromatic nitrogens is 1. The van der Waals surface area contributed by atoms with Crippen molar-refractivity contribution in [1.29, 1.82) is 0 Å². The molecule has 2 heterocycles. The Balaban J connectivity index is 2.00. The predicted octanol–water partition coefficient (Wildman–Crippen LogP) is 2.97. The Labute approximate surface area is 160 Å². The molecule has 0 aromatic carbocycles. The number of hydrogen-bond donors (Lipinski definition) is 1. The third-order valence-electron chi connectivity index (χ3n) is 5.63. The monoisotopic (exact) mass is 373 g/mol.